The number of carbonyl (C=O) groups is 2. The molecule has 0 saturated heterocycles. The summed E-state index contributed by atoms with van der Waals surface area (Å²) in [6.45, 7) is 4.13. The number of hydrogen-bond acceptors (Lipinski definition) is 6. The fourth-order valence-corrected chi connectivity index (χ4v) is 2.77. The van der Waals surface area contributed by atoms with Crippen LogP contribution in [0.1, 0.15) is 20.3 Å². The zero-order valence-corrected chi connectivity index (χ0v) is 16.7. The summed E-state index contributed by atoms with van der Waals surface area (Å²) in [5.74, 6) is -0.292. The highest BCUT2D eigenvalue weighted by molar-refractivity contribution is 5.84. The van der Waals surface area contributed by atoms with Gasteiger partial charge in [0.15, 0.2) is 11.7 Å². The first-order valence-electron chi connectivity index (χ1n) is 9.54. The zero-order chi connectivity index (χ0) is 21.5. The van der Waals surface area contributed by atoms with Gasteiger partial charge in [0.2, 0.25) is 5.91 Å². The highest BCUT2D eigenvalue weighted by atomic mass is 16.5. The van der Waals surface area contributed by atoms with Crippen LogP contribution < -0.4 is 26.1 Å². The van der Waals surface area contributed by atoms with Crippen molar-refractivity contribution in [3.63, 3.8) is 0 Å². The SMILES string of the molecule is CCOc1ccc(OC(C)C(=O)NNC(=O)CCn2c(=O)oc3ccccc32)cc1. The van der Waals surface area contributed by atoms with Crippen LogP contribution in [0.25, 0.3) is 11.1 Å². The van der Waals surface area contributed by atoms with E-state index in [1.54, 1.807) is 55.5 Å². The van der Waals surface area contributed by atoms with Crippen molar-refractivity contribution in [3.05, 3.63) is 59.1 Å². The Kier molecular flexibility index (Phi) is 6.74. The number of fused-ring (bicyclic) bond motifs is 1. The van der Waals surface area contributed by atoms with Crippen molar-refractivity contribution in [2.24, 2.45) is 0 Å². The van der Waals surface area contributed by atoms with E-state index in [1.165, 1.54) is 4.57 Å². The third kappa shape index (κ3) is 5.19. The maximum Gasteiger partial charge on any atom is 0.419 e. The molecule has 1 unspecified atom stereocenters. The molecule has 0 aliphatic rings. The van der Waals surface area contributed by atoms with E-state index in [9.17, 15) is 14.4 Å². The topological polar surface area (TPSA) is 112 Å². The normalized spacial score (nSPS) is 11.7. The summed E-state index contributed by atoms with van der Waals surface area (Å²) in [5, 5.41) is 0. The second-order valence-electron chi connectivity index (χ2n) is 6.44. The van der Waals surface area contributed by atoms with Gasteiger partial charge in [-0.25, -0.2) is 4.79 Å². The summed E-state index contributed by atoms with van der Waals surface area (Å²) in [4.78, 5) is 36.1. The number of hydrogen-bond donors (Lipinski definition) is 2. The third-order valence-electron chi connectivity index (χ3n) is 4.28. The van der Waals surface area contributed by atoms with Crippen LogP contribution in [0, 0.1) is 0 Å². The maximum absolute atomic E-state index is 12.1. The van der Waals surface area contributed by atoms with Crippen molar-refractivity contribution in [2.75, 3.05) is 6.61 Å². The molecule has 1 heterocycles. The van der Waals surface area contributed by atoms with Gasteiger partial charge < -0.3 is 13.9 Å². The van der Waals surface area contributed by atoms with Crippen molar-refractivity contribution < 1.29 is 23.5 Å². The predicted octanol–water partition coefficient (Wildman–Crippen LogP) is 2.00. The Morgan fingerprint density at radius 2 is 1.77 bits per heavy atom. The van der Waals surface area contributed by atoms with Crippen LogP contribution in [-0.2, 0) is 16.1 Å². The highest BCUT2D eigenvalue weighted by Crippen LogP contribution is 2.18. The van der Waals surface area contributed by atoms with Gasteiger partial charge >= 0.3 is 5.76 Å². The van der Waals surface area contributed by atoms with E-state index in [4.69, 9.17) is 13.9 Å². The Morgan fingerprint density at radius 1 is 1.07 bits per heavy atom. The van der Waals surface area contributed by atoms with Gasteiger partial charge in [-0.2, -0.15) is 0 Å². The molecule has 1 atom stereocenters. The van der Waals surface area contributed by atoms with Crippen molar-refractivity contribution in [1.82, 2.24) is 15.4 Å². The smallest absolute Gasteiger partial charge is 0.419 e. The molecule has 0 bridgehead atoms. The van der Waals surface area contributed by atoms with Gasteiger partial charge in [0.05, 0.1) is 12.1 Å². The van der Waals surface area contributed by atoms with Gasteiger partial charge in [0.1, 0.15) is 11.5 Å². The third-order valence-corrected chi connectivity index (χ3v) is 4.28. The first kappa shape index (κ1) is 21.0. The summed E-state index contributed by atoms with van der Waals surface area (Å²) in [6, 6.07) is 13.8. The molecule has 3 aromatic rings. The number of oxazole rings is 1. The number of ether oxygens (including phenoxy) is 2. The zero-order valence-electron chi connectivity index (χ0n) is 16.7. The number of amides is 2. The Labute approximate surface area is 172 Å². The Morgan fingerprint density at radius 3 is 2.50 bits per heavy atom. The second-order valence-corrected chi connectivity index (χ2v) is 6.44. The van der Waals surface area contributed by atoms with E-state index in [-0.39, 0.29) is 13.0 Å². The average Bonchev–Trinajstić information content (AvgIpc) is 3.07. The quantitative estimate of drug-likeness (QED) is 0.547. The summed E-state index contributed by atoms with van der Waals surface area (Å²) in [5.41, 5.74) is 5.70. The first-order valence-corrected chi connectivity index (χ1v) is 9.54. The minimum atomic E-state index is -0.830. The fourth-order valence-electron chi connectivity index (χ4n) is 2.77. The second kappa shape index (κ2) is 9.64. The van der Waals surface area contributed by atoms with E-state index in [2.05, 4.69) is 10.9 Å². The number of hydrazine groups is 1. The van der Waals surface area contributed by atoms with Gasteiger partial charge in [-0.1, -0.05) is 12.1 Å². The lowest BCUT2D eigenvalue weighted by molar-refractivity contribution is -0.132. The van der Waals surface area contributed by atoms with Crippen LogP contribution in [0.2, 0.25) is 0 Å². The van der Waals surface area contributed by atoms with Crippen LogP contribution in [0.3, 0.4) is 0 Å². The van der Waals surface area contributed by atoms with Crippen LogP contribution in [-0.4, -0.2) is 29.1 Å². The number of nitrogens with zero attached hydrogens (tertiary/aromatic N) is 1. The molecule has 2 amide bonds. The number of carbonyl (C=O) groups excluding carboxylic acids is 2. The van der Waals surface area contributed by atoms with Crippen molar-refractivity contribution >= 4 is 22.9 Å². The van der Waals surface area contributed by atoms with Gasteiger partial charge in [-0.05, 0) is 50.2 Å². The molecular weight excluding hydrogens is 390 g/mol. The van der Waals surface area contributed by atoms with Crippen LogP contribution in [0.15, 0.2) is 57.7 Å². The molecule has 2 N–H and O–H groups in total. The fraction of sp³-hybridized carbons (Fsp3) is 0.286. The molecule has 0 fully saturated rings. The van der Waals surface area contributed by atoms with Crippen molar-refractivity contribution in [2.45, 2.75) is 32.9 Å². The minimum absolute atomic E-state index is 0.0160. The van der Waals surface area contributed by atoms with Gasteiger partial charge in [-0.15, -0.1) is 0 Å². The lowest BCUT2D eigenvalue weighted by Crippen LogP contribution is -2.47. The maximum atomic E-state index is 12.1. The van der Waals surface area contributed by atoms with Crippen LogP contribution in [0.4, 0.5) is 0 Å². The molecule has 0 aliphatic heterocycles. The molecule has 0 aliphatic carbocycles. The molecule has 0 radical (unpaired) electrons. The molecule has 158 valence electrons. The molecule has 1 aromatic heterocycles. The highest BCUT2D eigenvalue weighted by Gasteiger charge is 2.16. The molecule has 9 heteroatoms. The summed E-state index contributed by atoms with van der Waals surface area (Å²) in [7, 11) is 0. The Balaban J connectivity index is 1.46. The molecule has 30 heavy (non-hydrogen) atoms. The van der Waals surface area contributed by atoms with Gasteiger partial charge in [0.25, 0.3) is 5.91 Å². The minimum Gasteiger partial charge on any atom is -0.494 e. The first-order chi connectivity index (χ1) is 14.5. The average molecular weight is 413 g/mol. The van der Waals surface area contributed by atoms with E-state index in [0.29, 0.717) is 29.2 Å². The van der Waals surface area contributed by atoms with Crippen LogP contribution in [0.5, 0.6) is 11.5 Å². The van der Waals surface area contributed by atoms with E-state index in [0.717, 1.165) is 0 Å². The molecule has 9 nitrogen and oxygen atoms in total. The lowest BCUT2D eigenvalue weighted by atomic mass is 10.3. The lowest BCUT2D eigenvalue weighted by Gasteiger charge is -2.15. The van der Waals surface area contributed by atoms with Crippen molar-refractivity contribution in [1.29, 1.82) is 0 Å². The number of nitrogens with one attached hydrogen (secondary N) is 2. The largest absolute Gasteiger partial charge is 0.494 e. The standard InChI is InChI=1S/C21H23N3O6/c1-3-28-15-8-10-16(11-9-15)29-14(2)20(26)23-22-19(25)12-13-24-17-6-4-5-7-18(17)30-21(24)27/h4-11,14H,3,12-13H2,1-2H3,(H,22,25)(H,23,26). The van der Waals surface area contributed by atoms with E-state index in [1.807, 2.05) is 6.92 Å². The molecule has 0 saturated carbocycles. The Bertz CT molecular complexity index is 1070. The van der Waals surface area contributed by atoms with E-state index < -0.39 is 23.7 Å². The number of rotatable bonds is 8. The van der Waals surface area contributed by atoms with E-state index >= 15 is 0 Å². The number of aryl methyl sites for hydroxylation is 1. The van der Waals surface area contributed by atoms with Gasteiger partial charge in [-0.3, -0.25) is 25.0 Å². The Hall–Kier alpha value is -3.75. The summed E-state index contributed by atoms with van der Waals surface area (Å²) >= 11 is 0. The number of benzene rings is 2. The molecule has 0 spiro atoms. The molecular formula is C21H23N3O6. The number of aromatic nitrogens is 1. The molecule has 2 aromatic carbocycles. The summed E-state index contributed by atoms with van der Waals surface area (Å²) < 4.78 is 17.4. The van der Waals surface area contributed by atoms with Gasteiger partial charge in [0, 0.05) is 13.0 Å². The van der Waals surface area contributed by atoms with Crippen molar-refractivity contribution in [3.8, 4) is 11.5 Å². The number of para-hydroxylation sites is 2. The monoisotopic (exact) mass is 413 g/mol. The van der Waals surface area contributed by atoms with Crippen LogP contribution >= 0.6 is 0 Å². The predicted molar refractivity (Wildman–Crippen MR) is 109 cm³/mol. The molecule has 3 rings (SSSR count). The summed E-state index contributed by atoms with van der Waals surface area (Å²) in [6.07, 6.45) is -0.846.